The highest BCUT2D eigenvalue weighted by Gasteiger charge is 2.24. The zero-order chi connectivity index (χ0) is 18.8. The lowest BCUT2D eigenvalue weighted by atomic mass is 10.1. The Balaban J connectivity index is 1.53. The average molecular weight is 377 g/mol. The molecule has 1 atom stereocenters. The lowest BCUT2D eigenvalue weighted by Gasteiger charge is -2.34. The van der Waals surface area contributed by atoms with Crippen molar-refractivity contribution in [2.75, 3.05) is 23.3 Å². The first-order valence-electron chi connectivity index (χ1n) is 9.25. The van der Waals surface area contributed by atoms with E-state index in [-0.39, 0.29) is 0 Å². The first-order valence-corrected chi connectivity index (χ1v) is 10.1. The minimum atomic E-state index is -0.492. The van der Waals surface area contributed by atoms with Crippen molar-refractivity contribution in [1.82, 2.24) is 0 Å². The van der Waals surface area contributed by atoms with Crippen LogP contribution in [0.3, 0.4) is 0 Å². The molecule has 0 radical (unpaired) electrons. The Hall–Kier alpha value is -2.43. The molecule has 0 saturated heterocycles. The third kappa shape index (κ3) is 3.68. The fourth-order valence-electron chi connectivity index (χ4n) is 3.42. The zero-order valence-electron chi connectivity index (χ0n) is 15.6. The Morgan fingerprint density at radius 3 is 2.19 bits per heavy atom. The van der Waals surface area contributed by atoms with E-state index in [0.717, 1.165) is 17.1 Å². The smallest absolute Gasteiger partial charge is 0.0891 e. The van der Waals surface area contributed by atoms with Crippen molar-refractivity contribution in [1.29, 1.82) is 0 Å². The number of nitrogens with zero attached hydrogens (tertiary/aromatic N) is 1. The quantitative estimate of drug-likeness (QED) is 0.627. The molecule has 1 heterocycles. The molecule has 3 nitrogen and oxygen atoms in total. The number of anilines is 3. The van der Waals surface area contributed by atoms with Crippen molar-refractivity contribution in [3.63, 3.8) is 0 Å². The molecule has 0 aromatic heterocycles. The number of hydrogen-bond acceptors (Lipinski definition) is 4. The maximum atomic E-state index is 10.8. The molecule has 4 rings (SSSR count). The summed E-state index contributed by atoms with van der Waals surface area (Å²) in [6.07, 6.45) is -0.492. The summed E-state index contributed by atoms with van der Waals surface area (Å²) in [4.78, 5) is 4.69. The first kappa shape index (κ1) is 18.0. The van der Waals surface area contributed by atoms with Crippen molar-refractivity contribution >= 4 is 28.8 Å². The van der Waals surface area contributed by atoms with E-state index in [0.29, 0.717) is 13.1 Å². The van der Waals surface area contributed by atoms with Crippen molar-refractivity contribution in [3.8, 4) is 0 Å². The van der Waals surface area contributed by atoms with Gasteiger partial charge in [-0.15, -0.1) is 0 Å². The highest BCUT2D eigenvalue weighted by atomic mass is 32.2. The molecule has 4 heteroatoms. The summed E-state index contributed by atoms with van der Waals surface area (Å²) in [6, 6.07) is 23.0. The molecular weight excluding hydrogens is 352 g/mol. The maximum Gasteiger partial charge on any atom is 0.0891 e. The van der Waals surface area contributed by atoms with E-state index in [9.17, 15) is 5.11 Å². The first-order chi connectivity index (χ1) is 13.1. The predicted octanol–water partition coefficient (Wildman–Crippen LogP) is 5.38. The fourth-order valence-corrected chi connectivity index (χ4v) is 4.52. The van der Waals surface area contributed by atoms with Gasteiger partial charge in [0, 0.05) is 22.0 Å². The Morgan fingerprint density at radius 1 is 0.889 bits per heavy atom. The number of para-hydroxylation sites is 2. The summed E-state index contributed by atoms with van der Waals surface area (Å²) in [7, 11) is 0. The van der Waals surface area contributed by atoms with Crippen molar-refractivity contribution in [2.24, 2.45) is 0 Å². The molecule has 138 valence electrons. The maximum absolute atomic E-state index is 10.8. The molecule has 3 aromatic carbocycles. The molecule has 0 saturated carbocycles. The topological polar surface area (TPSA) is 35.5 Å². The zero-order valence-corrected chi connectivity index (χ0v) is 16.5. The molecule has 27 heavy (non-hydrogen) atoms. The number of aryl methyl sites for hydroxylation is 1. The van der Waals surface area contributed by atoms with Crippen LogP contribution < -0.4 is 10.2 Å². The third-order valence-electron chi connectivity index (χ3n) is 5.06. The summed E-state index contributed by atoms with van der Waals surface area (Å²) in [6.45, 7) is 5.28. The molecule has 0 aliphatic carbocycles. The molecule has 0 fully saturated rings. The van der Waals surface area contributed by atoms with Gasteiger partial charge in [0.1, 0.15) is 0 Å². The molecular formula is C23H24N2OS. The standard InChI is InChI=1S/C23H24N2OS/c1-16-8-7-9-19(17(16)2)24-14-18(26)15-25-20-10-3-5-12-22(20)27-23-13-6-4-11-21(23)25/h3-13,18,24,26H,14-15H2,1-2H3. The molecule has 2 N–H and O–H groups in total. The molecule has 0 spiro atoms. The van der Waals surface area contributed by atoms with Gasteiger partial charge in [0.15, 0.2) is 0 Å². The van der Waals surface area contributed by atoms with Gasteiger partial charge in [-0.25, -0.2) is 0 Å². The van der Waals surface area contributed by atoms with E-state index < -0.39 is 6.10 Å². The summed E-state index contributed by atoms with van der Waals surface area (Å²) >= 11 is 1.79. The van der Waals surface area contributed by atoms with Crippen molar-refractivity contribution in [3.05, 3.63) is 77.9 Å². The highest BCUT2D eigenvalue weighted by Crippen LogP contribution is 2.47. The van der Waals surface area contributed by atoms with Crippen LogP contribution in [0.4, 0.5) is 17.1 Å². The third-order valence-corrected chi connectivity index (χ3v) is 6.19. The van der Waals surface area contributed by atoms with E-state index in [2.05, 4.69) is 84.7 Å². The minimum absolute atomic E-state index is 0.492. The van der Waals surface area contributed by atoms with E-state index in [1.165, 1.54) is 20.9 Å². The predicted molar refractivity (Wildman–Crippen MR) is 114 cm³/mol. The Labute approximate surface area is 165 Å². The van der Waals surface area contributed by atoms with Gasteiger partial charge < -0.3 is 15.3 Å². The lowest BCUT2D eigenvalue weighted by molar-refractivity contribution is 0.195. The molecule has 1 unspecified atom stereocenters. The van der Waals surface area contributed by atoms with Crippen LogP contribution in [0.5, 0.6) is 0 Å². The second-order valence-corrected chi connectivity index (χ2v) is 8.01. The highest BCUT2D eigenvalue weighted by molar-refractivity contribution is 7.99. The monoisotopic (exact) mass is 376 g/mol. The van der Waals surface area contributed by atoms with Crippen LogP contribution in [0.2, 0.25) is 0 Å². The summed E-state index contributed by atoms with van der Waals surface area (Å²) < 4.78 is 0. The SMILES string of the molecule is Cc1cccc(NCC(O)CN2c3ccccc3Sc3ccccc32)c1C. The number of β-amino-alcohol motifs (C(OH)–C–C–N with tert-alkyl or cyclic N) is 1. The fraction of sp³-hybridized carbons (Fsp3) is 0.217. The van der Waals surface area contributed by atoms with Crippen molar-refractivity contribution in [2.45, 2.75) is 29.7 Å². The summed E-state index contributed by atoms with van der Waals surface area (Å²) in [5, 5.41) is 14.2. The van der Waals surface area contributed by atoms with Gasteiger partial charge in [0.05, 0.1) is 24.0 Å². The molecule has 0 bridgehead atoms. The number of hydrogen-bond donors (Lipinski definition) is 2. The van der Waals surface area contributed by atoms with Crippen LogP contribution in [-0.4, -0.2) is 24.3 Å². The summed E-state index contributed by atoms with van der Waals surface area (Å²) in [5.74, 6) is 0. The van der Waals surface area contributed by atoms with Crippen LogP contribution in [0.1, 0.15) is 11.1 Å². The van der Waals surface area contributed by atoms with Gasteiger partial charge in [0.25, 0.3) is 0 Å². The Morgan fingerprint density at radius 2 is 1.52 bits per heavy atom. The van der Waals surface area contributed by atoms with Crippen LogP contribution in [-0.2, 0) is 0 Å². The molecule has 1 aliphatic rings. The molecule has 1 aliphatic heterocycles. The van der Waals surface area contributed by atoms with Crippen LogP contribution >= 0.6 is 11.8 Å². The largest absolute Gasteiger partial charge is 0.389 e. The van der Waals surface area contributed by atoms with Gasteiger partial charge in [-0.2, -0.15) is 0 Å². The number of aliphatic hydroxyl groups excluding tert-OH is 1. The van der Waals surface area contributed by atoms with Gasteiger partial charge in [-0.1, -0.05) is 48.2 Å². The van der Waals surface area contributed by atoms with E-state index in [4.69, 9.17) is 0 Å². The second kappa shape index (κ2) is 7.67. The lowest BCUT2D eigenvalue weighted by Crippen LogP contribution is -2.34. The molecule has 0 amide bonds. The van der Waals surface area contributed by atoms with Crippen LogP contribution in [0, 0.1) is 13.8 Å². The Bertz CT molecular complexity index is 911. The molecule has 3 aromatic rings. The van der Waals surface area contributed by atoms with E-state index in [1.807, 2.05) is 6.07 Å². The number of aliphatic hydroxyl groups is 1. The normalized spacial score (nSPS) is 13.7. The van der Waals surface area contributed by atoms with Gasteiger partial charge >= 0.3 is 0 Å². The Kier molecular flexibility index (Phi) is 5.10. The second-order valence-electron chi connectivity index (χ2n) is 6.93. The van der Waals surface area contributed by atoms with Crippen LogP contribution in [0.25, 0.3) is 0 Å². The van der Waals surface area contributed by atoms with Crippen molar-refractivity contribution < 1.29 is 5.11 Å². The summed E-state index contributed by atoms with van der Waals surface area (Å²) in [5.41, 5.74) is 5.89. The average Bonchev–Trinajstić information content (AvgIpc) is 2.69. The number of nitrogens with one attached hydrogen (secondary N) is 1. The minimum Gasteiger partial charge on any atom is -0.389 e. The number of rotatable bonds is 5. The van der Waals surface area contributed by atoms with Gasteiger partial charge in [0.2, 0.25) is 0 Å². The van der Waals surface area contributed by atoms with E-state index in [1.54, 1.807) is 11.8 Å². The van der Waals surface area contributed by atoms with Gasteiger partial charge in [-0.3, -0.25) is 0 Å². The van der Waals surface area contributed by atoms with Gasteiger partial charge in [-0.05, 0) is 55.3 Å². The van der Waals surface area contributed by atoms with Crippen LogP contribution in [0.15, 0.2) is 76.5 Å². The van der Waals surface area contributed by atoms with E-state index >= 15 is 0 Å². The number of benzene rings is 3. The number of fused-ring (bicyclic) bond motifs is 2.